The van der Waals surface area contributed by atoms with Crippen LogP contribution in [0.2, 0.25) is 0 Å². The van der Waals surface area contributed by atoms with Crippen LogP contribution in [0, 0.1) is 11.6 Å². The number of rotatable bonds is 4. The van der Waals surface area contributed by atoms with Crippen LogP contribution in [-0.4, -0.2) is 25.3 Å². The molecule has 0 saturated heterocycles. The Hall–Kier alpha value is -1.50. The lowest BCUT2D eigenvalue weighted by Gasteiger charge is -2.06. The van der Waals surface area contributed by atoms with E-state index < -0.39 is 22.4 Å². The van der Waals surface area contributed by atoms with E-state index in [1.54, 1.807) is 6.92 Å². The molecule has 0 saturated carbocycles. The van der Waals surface area contributed by atoms with Gasteiger partial charge in [-0.25, -0.2) is 13.8 Å². The fraction of sp³-hybridized carbons (Fsp3) is 0.364. The molecule has 0 bridgehead atoms. The van der Waals surface area contributed by atoms with Gasteiger partial charge in [0.2, 0.25) is 5.95 Å². The Morgan fingerprint density at radius 1 is 1.44 bits per heavy atom. The molecule has 0 spiro atoms. The number of benzene rings is 1. The molecule has 0 aliphatic rings. The molecule has 0 aliphatic carbocycles. The topological polar surface area (TPSA) is 60.9 Å². The minimum atomic E-state index is -0.995. The molecule has 0 radical (unpaired) electrons. The zero-order chi connectivity index (χ0) is 13.3. The monoisotopic (exact) mass is 273 g/mol. The van der Waals surface area contributed by atoms with Crippen molar-refractivity contribution in [2.24, 2.45) is 0 Å². The van der Waals surface area contributed by atoms with Crippen molar-refractivity contribution >= 4 is 27.8 Å². The summed E-state index contributed by atoms with van der Waals surface area (Å²) >= 11 is 0. The molecule has 0 amide bonds. The maximum atomic E-state index is 13.7. The fourth-order valence-electron chi connectivity index (χ4n) is 1.74. The Balaban J connectivity index is 2.45. The third-order valence-corrected chi connectivity index (χ3v) is 3.98. The van der Waals surface area contributed by atoms with Gasteiger partial charge in [-0.15, -0.1) is 0 Å². The highest BCUT2D eigenvalue weighted by molar-refractivity contribution is 7.84. The summed E-state index contributed by atoms with van der Waals surface area (Å²) in [5.41, 5.74) is 5.99. The van der Waals surface area contributed by atoms with Crippen LogP contribution in [0.25, 0.3) is 11.0 Å². The van der Waals surface area contributed by atoms with E-state index in [-0.39, 0.29) is 18.0 Å². The molecule has 98 valence electrons. The first kappa shape index (κ1) is 12.9. The van der Waals surface area contributed by atoms with Crippen molar-refractivity contribution in [2.45, 2.75) is 13.5 Å². The third kappa shape index (κ3) is 2.22. The van der Waals surface area contributed by atoms with Crippen molar-refractivity contribution in [1.29, 1.82) is 0 Å². The van der Waals surface area contributed by atoms with E-state index in [4.69, 9.17) is 5.73 Å². The van der Waals surface area contributed by atoms with E-state index in [1.807, 2.05) is 0 Å². The van der Waals surface area contributed by atoms with Gasteiger partial charge in [-0.2, -0.15) is 0 Å². The lowest BCUT2D eigenvalue weighted by Crippen LogP contribution is -2.11. The summed E-state index contributed by atoms with van der Waals surface area (Å²) in [4.78, 5) is 3.95. The van der Waals surface area contributed by atoms with Crippen molar-refractivity contribution < 1.29 is 13.0 Å². The molecule has 1 atom stereocenters. The first-order valence-corrected chi connectivity index (χ1v) is 6.98. The van der Waals surface area contributed by atoms with E-state index in [9.17, 15) is 13.0 Å². The highest BCUT2D eigenvalue weighted by Crippen LogP contribution is 2.22. The largest absolute Gasteiger partial charge is 0.369 e. The number of aryl methyl sites for hydroxylation is 1. The summed E-state index contributed by atoms with van der Waals surface area (Å²) in [6.45, 7) is 2.05. The molecule has 7 heteroatoms. The third-order valence-electron chi connectivity index (χ3n) is 2.69. The van der Waals surface area contributed by atoms with Crippen LogP contribution < -0.4 is 5.73 Å². The van der Waals surface area contributed by atoms with Crippen molar-refractivity contribution in [3.63, 3.8) is 0 Å². The molecule has 2 rings (SSSR count). The van der Waals surface area contributed by atoms with E-state index in [0.29, 0.717) is 17.0 Å². The SMILES string of the molecule is CCS(=O)CCn1c(N)nc2ccc(F)c(F)c21. The lowest BCUT2D eigenvalue weighted by molar-refractivity contribution is 0.512. The van der Waals surface area contributed by atoms with Gasteiger partial charge in [0.15, 0.2) is 11.6 Å². The number of hydrogen-bond donors (Lipinski definition) is 1. The highest BCUT2D eigenvalue weighted by Gasteiger charge is 2.16. The van der Waals surface area contributed by atoms with Gasteiger partial charge in [-0.05, 0) is 12.1 Å². The maximum absolute atomic E-state index is 13.7. The quantitative estimate of drug-likeness (QED) is 0.921. The predicted octanol–water partition coefficient (Wildman–Crippen LogP) is 1.67. The minimum absolute atomic E-state index is 0.0283. The maximum Gasteiger partial charge on any atom is 0.201 e. The van der Waals surface area contributed by atoms with Crippen LogP contribution in [-0.2, 0) is 17.3 Å². The smallest absolute Gasteiger partial charge is 0.201 e. The number of anilines is 1. The van der Waals surface area contributed by atoms with Gasteiger partial charge >= 0.3 is 0 Å². The zero-order valence-electron chi connectivity index (χ0n) is 9.82. The molecule has 1 aromatic heterocycles. The lowest BCUT2D eigenvalue weighted by atomic mass is 10.3. The van der Waals surface area contributed by atoms with Crippen molar-refractivity contribution in [1.82, 2.24) is 9.55 Å². The fourth-order valence-corrected chi connectivity index (χ4v) is 2.41. The molecular formula is C11H13F2N3OS. The number of nitrogen functional groups attached to an aromatic ring is 1. The summed E-state index contributed by atoms with van der Waals surface area (Å²) < 4.78 is 39.6. The molecule has 2 aromatic rings. The van der Waals surface area contributed by atoms with E-state index >= 15 is 0 Å². The van der Waals surface area contributed by atoms with Gasteiger partial charge in [0.25, 0.3) is 0 Å². The Morgan fingerprint density at radius 2 is 2.17 bits per heavy atom. The second-order valence-corrected chi connectivity index (χ2v) is 5.65. The summed E-state index contributed by atoms with van der Waals surface area (Å²) in [6, 6.07) is 2.38. The second-order valence-electron chi connectivity index (χ2n) is 3.78. The predicted molar refractivity (Wildman–Crippen MR) is 67.6 cm³/mol. The number of imidazole rings is 1. The number of nitrogens with zero attached hydrogens (tertiary/aromatic N) is 2. The molecule has 4 nitrogen and oxygen atoms in total. The molecule has 1 aromatic carbocycles. The summed E-state index contributed by atoms with van der Waals surface area (Å²) in [7, 11) is -0.995. The molecule has 1 unspecified atom stereocenters. The van der Waals surface area contributed by atoms with Gasteiger partial charge in [-0.3, -0.25) is 4.21 Å². The normalized spacial score (nSPS) is 13.1. The van der Waals surface area contributed by atoms with Crippen LogP contribution in [0.5, 0.6) is 0 Å². The van der Waals surface area contributed by atoms with Gasteiger partial charge in [-0.1, -0.05) is 6.92 Å². The Kier molecular flexibility index (Phi) is 3.60. The van der Waals surface area contributed by atoms with Crippen LogP contribution in [0.3, 0.4) is 0 Å². The molecule has 18 heavy (non-hydrogen) atoms. The van der Waals surface area contributed by atoms with Crippen molar-refractivity contribution in [3.05, 3.63) is 23.8 Å². The Bertz CT molecular complexity index is 612. The van der Waals surface area contributed by atoms with Crippen LogP contribution in [0.4, 0.5) is 14.7 Å². The van der Waals surface area contributed by atoms with Crippen LogP contribution in [0.1, 0.15) is 6.92 Å². The van der Waals surface area contributed by atoms with Gasteiger partial charge in [0, 0.05) is 28.9 Å². The van der Waals surface area contributed by atoms with E-state index in [0.717, 1.165) is 6.07 Å². The van der Waals surface area contributed by atoms with Crippen molar-refractivity contribution in [2.75, 3.05) is 17.2 Å². The summed E-state index contributed by atoms with van der Waals surface area (Å²) in [6.07, 6.45) is 0. The number of fused-ring (bicyclic) bond motifs is 1. The first-order chi connectivity index (χ1) is 8.54. The van der Waals surface area contributed by atoms with Crippen molar-refractivity contribution in [3.8, 4) is 0 Å². The number of nitrogens with two attached hydrogens (primary N) is 1. The van der Waals surface area contributed by atoms with Gasteiger partial charge in [0.05, 0.1) is 5.52 Å². The number of halogens is 2. The molecule has 2 N–H and O–H groups in total. The molecule has 0 aliphatic heterocycles. The van der Waals surface area contributed by atoms with Crippen LogP contribution in [0.15, 0.2) is 12.1 Å². The Morgan fingerprint density at radius 3 is 2.83 bits per heavy atom. The van der Waals surface area contributed by atoms with E-state index in [1.165, 1.54) is 10.6 Å². The van der Waals surface area contributed by atoms with Gasteiger partial charge < -0.3 is 10.3 Å². The van der Waals surface area contributed by atoms with E-state index in [2.05, 4.69) is 4.98 Å². The Labute approximate surface area is 105 Å². The standard InChI is InChI=1S/C11H13F2N3OS/c1-2-18(17)6-5-16-10-8(15-11(16)14)4-3-7(12)9(10)13/h3-4H,2,5-6H2,1H3,(H2,14,15). The first-order valence-electron chi connectivity index (χ1n) is 5.49. The molecular weight excluding hydrogens is 260 g/mol. The summed E-state index contributed by atoms with van der Waals surface area (Å²) in [5.74, 6) is -0.965. The molecule has 1 heterocycles. The number of hydrogen-bond acceptors (Lipinski definition) is 3. The average molecular weight is 273 g/mol. The minimum Gasteiger partial charge on any atom is -0.369 e. The zero-order valence-corrected chi connectivity index (χ0v) is 10.6. The molecule has 0 fully saturated rings. The summed E-state index contributed by atoms with van der Waals surface area (Å²) in [5, 5.41) is 0. The van der Waals surface area contributed by atoms with Crippen LogP contribution >= 0.6 is 0 Å². The number of aromatic nitrogens is 2. The highest BCUT2D eigenvalue weighted by atomic mass is 32.2. The second kappa shape index (κ2) is 5.01. The average Bonchev–Trinajstić information content (AvgIpc) is 2.68. The van der Waals surface area contributed by atoms with Gasteiger partial charge in [0.1, 0.15) is 5.52 Å².